The van der Waals surface area contributed by atoms with Crippen LogP contribution < -0.4 is 9.47 Å². The summed E-state index contributed by atoms with van der Waals surface area (Å²) < 4.78 is 11.5. The zero-order valence-corrected chi connectivity index (χ0v) is 18.9. The number of hydrogen-bond acceptors (Lipinski definition) is 5. The third-order valence-corrected chi connectivity index (χ3v) is 6.34. The highest BCUT2D eigenvalue weighted by molar-refractivity contribution is 5.84. The van der Waals surface area contributed by atoms with Gasteiger partial charge in [-0.3, -0.25) is 9.97 Å². The minimum absolute atomic E-state index is 0.231. The number of aliphatic hydroxyl groups excluding tert-OH is 1. The van der Waals surface area contributed by atoms with Gasteiger partial charge in [0.25, 0.3) is 0 Å². The van der Waals surface area contributed by atoms with Crippen molar-refractivity contribution in [2.45, 2.75) is 32.6 Å². The van der Waals surface area contributed by atoms with E-state index in [1.807, 2.05) is 18.5 Å². The van der Waals surface area contributed by atoms with Crippen molar-refractivity contribution in [2.24, 2.45) is 0 Å². The molecule has 168 valence electrons. The number of benzene rings is 2. The fourth-order valence-electron chi connectivity index (χ4n) is 4.55. The van der Waals surface area contributed by atoms with Gasteiger partial charge < -0.3 is 14.6 Å². The molecule has 2 aromatic heterocycles. The molecular formula is C28H28N2O3. The lowest BCUT2D eigenvalue weighted by atomic mass is 9.93. The topological polar surface area (TPSA) is 64.5 Å². The van der Waals surface area contributed by atoms with Crippen LogP contribution in [-0.4, -0.2) is 34.9 Å². The van der Waals surface area contributed by atoms with Crippen molar-refractivity contribution >= 4 is 10.9 Å². The highest BCUT2D eigenvalue weighted by Gasteiger charge is 2.15. The van der Waals surface area contributed by atoms with E-state index in [1.54, 1.807) is 0 Å². The molecule has 0 unspecified atom stereocenters. The Balaban J connectivity index is 1.47. The van der Waals surface area contributed by atoms with Crippen LogP contribution in [0.25, 0.3) is 22.0 Å². The highest BCUT2D eigenvalue weighted by Crippen LogP contribution is 2.36. The normalized spacial score (nSPS) is 12.8. The first-order valence-corrected chi connectivity index (χ1v) is 11.6. The minimum Gasteiger partial charge on any atom is -0.486 e. The highest BCUT2D eigenvalue weighted by atomic mass is 16.6. The van der Waals surface area contributed by atoms with Crippen LogP contribution in [-0.2, 0) is 12.8 Å². The number of ether oxygens (including phenoxy) is 2. The molecule has 0 saturated heterocycles. The molecule has 33 heavy (non-hydrogen) atoms. The van der Waals surface area contributed by atoms with Crippen LogP contribution >= 0.6 is 0 Å². The number of unbranched alkanes of at least 4 members (excludes halogenated alkanes) is 1. The Morgan fingerprint density at radius 1 is 0.879 bits per heavy atom. The van der Waals surface area contributed by atoms with Crippen molar-refractivity contribution in [3.05, 3.63) is 83.3 Å². The van der Waals surface area contributed by atoms with Gasteiger partial charge in [-0.25, -0.2) is 0 Å². The number of pyridine rings is 2. The average molecular weight is 441 g/mol. The summed E-state index contributed by atoms with van der Waals surface area (Å²) in [4.78, 5) is 9.38. The van der Waals surface area contributed by atoms with Crippen LogP contribution in [0.2, 0.25) is 0 Å². The summed E-state index contributed by atoms with van der Waals surface area (Å²) in [6.07, 6.45) is 7.18. The van der Waals surface area contributed by atoms with E-state index in [4.69, 9.17) is 19.6 Å². The Bertz CT molecular complexity index is 1290. The monoisotopic (exact) mass is 440 g/mol. The molecule has 0 saturated carbocycles. The molecule has 4 aromatic rings. The summed E-state index contributed by atoms with van der Waals surface area (Å²) in [5.41, 5.74) is 7.97. The van der Waals surface area contributed by atoms with Gasteiger partial charge in [0.05, 0.1) is 11.2 Å². The zero-order chi connectivity index (χ0) is 22.6. The Labute approximate surface area is 194 Å². The number of nitrogens with zero attached hydrogens (tertiary/aromatic N) is 2. The molecule has 5 heteroatoms. The second-order valence-electron chi connectivity index (χ2n) is 8.43. The van der Waals surface area contributed by atoms with Crippen LogP contribution in [0.5, 0.6) is 11.5 Å². The molecule has 0 radical (unpaired) electrons. The standard InChI is InChI=1S/C28H28N2O3/c1-19-21(6-4-7-23(19)22-8-9-26-27(18-22)33-16-15-32-26)17-25-28-24(11-13-29-25)20(10-12-30-28)5-2-3-14-31/h4,6-13,18,31H,2-3,5,14-17H2,1H3. The summed E-state index contributed by atoms with van der Waals surface area (Å²) in [6, 6.07) is 16.7. The third kappa shape index (κ3) is 4.41. The zero-order valence-electron chi connectivity index (χ0n) is 18.9. The first kappa shape index (κ1) is 21.4. The molecule has 1 N–H and O–H groups in total. The first-order valence-electron chi connectivity index (χ1n) is 11.6. The van der Waals surface area contributed by atoms with Crippen molar-refractivity contribution in [1.82, 2.24) is 9.97 Å². The molecular weight excluding hydrogens is 412 g/mol. The van der Waals surface area contributed by atoms with Crippen LogP contribution in [0.15, 0.2) is 60.9 Å². The maximum atomic E-state index is 9.12. The quantitative estimate of drug-likeness (QED) is 0.396. The molecule has 0 atom stereocenters. The Morgan fingerprint density at radius 3 is 2.61 bits per heavy atom. The smallest absolute Gasteiger partial charge is 0.161 e. The van der Waals surface area contributed by atoms with Gasteiger partial charge in [0.15, 0.2) is 11.5 Å². The van der Waals surface area contributed by atoms with Gasteiger partial charge in [0.2, 0.25) is 0 Å². The molecule has 3 heterocycles. The molecule has 0 spiro atoms. The number of rotatable bonds is 7. The van der Waals surface area contributed by atoms with E-state index >= 15 is 0 Å². The van der Waals surface area contributed by atoms with E-state index in [9.17, 15) is 0 Å². The van der Waals surface area contributed by atoms with Gasteiger partial charge in [0, 0.05) is 30.8 Å². The van der Waals surface area contributed by atoms with Gasteiger partial charge in [0.1, 0.15) is 13.2 Å². The average Bonchev–Trinajstić information content (AvgIpc) is 2.85. The molecule has 0 amide bonds. The van der Waals surface area contributed by atoms with E-state index in [0.29, 0.717) is 19.6 Å². The Kier molecular flexibility index (Phi) is 6.22. The number of hydrogen-bond donors (Lipinski definition) is 1. The number of aliphatic hydroxyl groups is 1. The van der Waals surface area contributed by atoms with Gasteiger partial charge in [-0.15, -0.1) is 0 Å². The Hall–Kier alpha value is -3.44. The molecule has 2 aromatic carbocycles. The molecule has 1 aliphatic rings. The van der Waals surface area contributed by atoms with E-state index in [-0.39, 0.29) is 6.61 Å². The third-order valence-electron chi connectivity index (χ3n) is 6.34. The summed E-state index contributed by atoms with van der Waals surface area (Å²) >= 11 is 0. The largest absolute Gasteiger partial charge is 0.486 e. The van der Waals surface area contributed by atoms with Crippen LogP contribution in [0.4, 0.5) is 0 Å². The molecule has 0 aliphatic carbocycles. The van der Waals surface area contributed by atoms with Gasteiger partial charge in [-0.1, -0.05) is 24.3 Å². The van der Waals surface area contributed by atoms with Crippen molar-refractivity contribution in [3.63, 3.8) is 0 Å². The summed E-state index contributed by atoms with van der Waals surface area (Å²) in [6.45, 7) is 3.57. The summed E-state index contributed by atoms with van der Waals surface area (Å²) in [5, 5.41) is 10.3. The van der Waals surface area contributed by atoms with Crippen LogP contribution in [0.1, 0.15) is 35.2 Å². The van der Waals surface area contributed by atoms with Crippen LogP contribution in [0.3, 0.4) is 0 Å². The fourth-order valence-corrected chi connectivity index (χ4v) is 4.55. The second kappa shape index (κ2) is 9.59. The predicted octanol–water partition coefficient (Wildman–Crippen LogP) is 5.28. The molecule has 0 fully saturated rings. The van der Waals surface area contributed by atoms with Gasteiger partial charge in [-0.05, 0) is 78.3 Å². The van der Waals surface area contributed by atoms with Gasteiger partial charge >= 0.3 is 0 Å². The van der Waals surface area contributed by atoms with E-state index < -0.39 is 0 Å². The summed E-state index contributed by atoms with van der Waals surface area (Å²) in [5.74, 6) is 1.61. The van der Waals surface area contributed by atoms with E-state index in [1.165, 1.54) is 22.3 Å². The van der Waals surface area contributed by atoms with Crippen LogP contribution in [0, 0.1) is 6.92 Å². The summed E-state index contributed by atoms with van der Waals surface area (Å²) in [7, 11) is 0. The predicted molar refractivity (Wildman–Crippen MR) is 130 cm³/mol. The maximum absolute atomic E-state index is 9.12. The van der Waals surface area contributed by atoms with Crippen molar-refractivity contribution in [3.8, 4) is 22.6 Å². The minimum atomic E-state index is 0.231. The second-order valence-corrected chi connectivity index (χ2v) is 8.43. The lowest BCUT2D eigenvalue weighted by Gasteiger charge is -2.19. The number of aromatic nitrogens is 2. The number of aryl methyl sites for hydroxylation is 1. The van der Waals surface area contributed by atoms with E-state index in [2.05, 4.69) is 54.4 Å². The molecule has 1 aliphatic heterocycles. The molecule has 5 nitrogen and oxygen atoms in total. The Morgan fingerprint density at radius 2 is 1.73 bits per heavy atom. The van der Waals surface area contributed by atoms with Crippen molar-refractivity contribution < 1.29 is 14.6 Å². The lowest BCUT2D eigenvalue weighted by Crippen LogP contribution is -2.15. The molecule has 0 bridgehead atoms. The fraction of sp³-hybridized carbons (Fsp3) is 0.286. The van der Waals surface area contributed by atoms with E-state index in [0.717, 1.165) is 52.9 Å². The SMILES string of the molecule is Cc1c(Cc2nccc3c(CCCCO)ccnc23)cccc1-c1ccc2c(c1)OCCO2. The number of fused-ring (bicyclic) bond motifs is 2. The van der Waals surface area contributed by atoms with Crippen molar-refractivity contribution in [1.29, 1.82) is 0 Å². The lowest BCUT2D eigenvalue weighted by molar-refractivity contribution is 0.171. The van der Waals surface area contributed by atoms with Gasteiger partial charge in [-0.2, -0.15) is 0 Å². The maximum Gasteiger partial charge on any atom is 0.161 e. The van der Waals surface area contributed by atoms with Crippen molar-refractivity contribution in [2.75, 3.05) is 19.8 Å². The first-order chi connectivity index (χ1) is 16.2. The molecule has 5 rings (SSSR count).